The smallest absolute Gasteiger partial charge is 0.326 e. The molecule has 1 aliphatic heterocycles. The van der Waals surface area contributed by atoms with Crippen molar-refractivity contribution in [1.82, 2.24) is 5.32 Å². The highest BCUT2D eigenvalue weighted by atomic mass is 16.5. The topological polar surface area (TPSA) is 91.0 Å². The largest absolute Gasteiger partial charge is 0.494 e. The summed E-state index contributed by atoms with van der Waals surface area (Å²) in [4.78, 5) is 42.2. The maximum Gasteiger partial charge on any atom is 0.326 e. The molecule has 0 radical (unpaired) electrons. The number of fused-ring (bicyclic) bond motifs is 2. The normalized spacial score (nSPS) is 16.5. The number of amides is 4. The van der Waals surface area contributed by atoms with Crippen LogP contribution in [0.15, 0.2) is 72.8 Å². The van der Waals surface area contributed by atoms with E-state index in [1.165, 1.54) is 15.4 Å². The Balaban J connectivity index is 1.29. The lowest BCUT2D eigenvalue weighted by Crippen LogP contribution is -2.52. The second kappa shape index (κ2) is 10.7. The number of carbonyl (C=O) groups is 3. The lowest BCUT2D eigenvalue weighted by molar-refractivity contribution is -0.124. The minimum absolute atomic E-state index is 0.0658. The molecule has 0 fully saturated rings. The molecule has 3 aromatic carbocycles. The molecule has 190 valence electrons. The second-order valence-electron chi connectivity index (χ2n) is 9.15. The van der Waals surface area contributed by atoms with E-state index in [4.69, 9.17) is 4.74 Å². The first-order chi connectivity index (χ1) is 18.0. The van der Waals surface area contributed by atoms with E-state index in [2.05, 4.69) is 22.8 Å². The minimum atomic E-state index is -0.423. The van der Waals surface area contributed by atoms with Crippen LogP contribution < -0.4 is 25.2 Å². The Morgan fingerprint density at radius 2 is 1.70 bits per heavy atom. The molecule has 5 rings (SSSR count). The Hall–Kier alpha value is -4.33. The van der Waals surface area contributed by atoms with Gasteiger partial charge in [-0.3, -0.25) is 19.4 Å². The fourth-order valence-electron chi connectivity index (χ4n) is 4.99. The standard InChI is InChI=1S/C29H30N4O4/c1-2-37-22-16-14-21(15-17-22)30-29(36)33-19-28(35)32(25-12-5-6-13-26(25)33)18-27(34)31-24-11-7-9-20-8-3-4-10-23(20)24/h3-6,8,10,12-17,24H,2,7,9,11,18-19H2,1H3,(H,30,36)(H,31,34)/t24-/m0/s1. The Kier molecular flexibility index (Phi) is 7.07. The van der Waals surface area contributed by atoms with Crippen LogP contribution in [0.3, 0.4) is 0 Å². The van der Waals surface area contributed by atoms with E-state index in [1.807, 2.05) is 25.1 Å². The van der Waals surface area contributed by atoms with Gasteiger partial charge in [0.1, 0.15) is 18.8 Å². The van der Waals surface area contributed by atoms with Gasteiger partial charge in [0.2, 0.25) is 11.8 Å². The number of anilines is 3. The Morgan fingerprint density at radius 3 is 2.49 bits per heavy atom. The van der Waals surface area contributed by atoms with Crippen LogP contribution in [0.25, 0.3) is 0 Å². The van der Waals surface area contributed by atoms with E-state index in [1.54, 1.807) is 42.5 Å². The van der Waals surface area contributed by atoms with Crippen LogP contribution in [-0.4, -0.2) is 37.5 Å². The highest BCUT2D eigenvalue weighted by Gasteiger charge is 2.34. The third-order valence-corrected chi connectivity index (χ3v) is 6.73. The van der Waals surface area contributed by atoms with Crippen LogP contribution >= 0.6 is 0 Å². The highest BCUT2D eigenvalue weighted by molar-refractivity contribution is 6.15. The number of aryl methyl sites for hydroxylation is 1. The number of urea groups is 1. The molecule has 0 aromatic heterocycles. The molecule has 2 aliphatic rings. The number of nitrogens with one attached hydrogen (secondary N) is 2. The molecule has 8 nitrogen and oxygen atoms in total. The van der Waals surface area contributed by atoms with Crippen molar-refractivity contribution in [2.45, 2.75) is 32.2 Å². The molecule has 0 bridgehead atoms. The summed E-state index contributed by atoms with van der Waals surface area (Å²) in [6.45, 7) is 2.19. The maximum absolute atomic E-state index is 13.2. The molecule has 1 atom stereocenters. The summed E-state index contributed by atoms with van der Waals surface area (Å²) in [6.07, 6.45) is 2.88. The summed E-state index contributed by atoms with van der Waals surface area (Å²) in [5.74, 6) is 0.168. The average molecular weight is 499 g/mol. The highest BCUT2D eigenvalue weighted by Crippen LogP contribution is 2.34. The molecule has 0 saturated heterocycles. The zero-order valence-electron chi connectivity index (χ0n) is 20.8. The first-order valence-electron chi connectivity index (χ1n) is 12.6. The van der Waals surface area contributed by atoms with E-state index in [0.717, 1.165) is 24.8 Å². The molecular formula is C29H30N4O4. The van der Waals surface area contributed by atoms with Crippen LogP contribution in [-0.2, 0) is 16.0 Å². The van der Waals surface area contributed by atoms with Crippen molar-refractivity contribution in [3.8, 4) is 5.75 Å². The van der Waals surface area contributed by atoms with Gasteiger partial charge in [0.05, 0.1) is 24.0 Å². The summed E-state index contributed by atoms with van der Waals surface area (Å²) < 4.78 is 5.45. The van der Waals surface area contributed by atoms with Crippen molar-refractivity contribution < 1.29 is 19.1 Å². The van der Waals surface area contributed by atoms with Crippen molar-refractivity contribution in [1.29, 1.82) is 0 Å². The Morgan fingerprint density at radius 1 is 0.973 bits per heavy atom. The van der Waals surface area contributed by atoms with Gasteiger partial charge >= 0.3 is 6.03 Å². The molecule has 0 unspecified atom stereocenters. The van der Waals surface area contributed by atoms with Crippen LogP contribution in [0, 0.1) is 0 Å². The van der Waals surface area contributed by atoms with Crippen molar-refractivity contribution in [3.05, 3.63) is 83.9 Å². The molecule has 3 aromatic rings. The molecule has 1 heterocycles. The van der Waals surface area contributed by atoms with Gasteiger partial charge in [-0.25, -0.2) is 4.79 Å². The third-order valence-electron chi connectivity index (χ3n) is 6.73. The van der Waals surface area contributed by atoms with Gasteiger partial charge in [-0.1, -0.05) is 36.4 Å². The van der Waals surface area contributed by atoms with E-state index in [9.17, 15) is 14.4 Å². The molecule has 2 N–H and O–H groups in total. The van der Waals surface area contributed by atoms with E-state index >= 15 is 0 Å². The number of hydrogen-bond acceptors (Lipinski definition) is 4. The van der Waals surface area contributed by atoms with Gasteiger partial charge < -0.3 is 15.4 Å². The van der Waals surface area contributed by atoms with Gasteiger partial charge in [0.15, 0.2) is 0 Å². The molecular weight excluding hydrogens is 468 g/mol. The van der Waals surface area contributed by atoms with Crippen molar-refractivity contribution >= 4 is 34.9 Å². The van der Waals surface area contributed by atoms with Gasteiger partial charge in [-0.2, -0.15) is 0 Å². The molecule has 0 spiro atoms. The summed E-state index contributed by atoms with van der Waals surface area (Å²) in [6, 6.07) is 21.9. The van der Waals surface area contributed by atoms with Gasteiger partial charge in [0.25, 0.3) is 0 Å². The zero-order chi connectivity index (χ0) is 25.8. The predicted molar refractivity (Wildman–Crippen MR) is 143 cm³/mol. The minimum Gasteiger partial charge on any atom is -0.494 e. The molecule has 37 heavy (non-hydrogen) atoms. The number of carbonyl (C=O) groups excluding carboxylic acids is 3. The van der Waals surface area contributed by atoms with Crippen LogP contribution in [0.4, 0.5) is 21.9 Å². The summed E-state index contributed by atoms with van der Waals surface area (Å²) in [5, 5.41) is 5.96. The van der Waals surface area contributed by atoms with E-state index < -0.39 is 6.03 Å². The molecule has 0 saturated carbocycles. The lowest BCUT2D eigenvalue weighted by Gasteiger charge is -2.36. The second-order valence-corrected chi connectivity index (χ2v) is 9.15. The van der Waals surface area contributed by atoms with E-state index in [0.29, 0.717) is 29.4 Å². The number of benzene rings is 3. The Labute approximate surface area is 216 Å². The average Bonchev–Trinajstić information content (AvgIpc) is 2.91. The first-order valence-corrected chi connectivity index (χ1v) is 12.6. The van der Waals surface area contributed by atoms with Gasteiger partial charge in [0, 0.05) is 5.69 Å². The molecule has 4 amide bonds. The Bertz CT molecular complexity index is 1310. The molecule has 8 heteroatoms. The van der Waals surface area contributed by atoms with Gasteiger partial charge in [-0.05, 0) is 73.7 Å². The van der Waals surface area contributed by atoms with Crippen molar-refractivity contribution in [2.75, 3.05) is 34.8 Å². The van der Waals surface area contributed by atoms with Crippen LogP contribution in [0.5, 0.6) is 5.75 Å². The first kappa shape index (κ1) is 24.4. The van der Waals surface area contributed by atoms with Crippen LogP contribution in [0.2, 0.25) is 0 Å². The third kappa shape index (κ3) is 5.28. The fraction of sp³-hybridized carbons (Fsp3) is 0.276. The zero-order valence-corrected chi connectivity index (χ0v) is 20.8. The van der Waals surface area contributed by atoms with E-state index in [-0.39, 0.29) is 30.9 Å². The molecule has 1 aliphatic carbocycles. The van der Waals surface area contributed by atoms with Crippen molar-refractivity contribution in [3.63, 3.8) is 0 Å². The number of hydrogen-bond donors (Lipinski definition) is 2. The fourth-order valence-corrected chi connectivity index (χ4v) is 4.99. The summed E-state index contributed by atoms with van der Waals surface area (Å²) >= 11 is 0. The van der Waals surface area contributed by atoms with Crippen molar-refractivity contribution in [2.24, 2.45) is 0 Å². The maximum atomic E-state index is 13.2. The lowest BCUT2D eigenvalue weighted by atomic mass is 9.88. The number of nitrogens with zero attached hydrogens (tertiary/aromatic N) is 2. The summed E-state index contributed by atoms with van der Waals surface area (Å²) in [5.41, 5.74) is 4.09. The number of para-hydroxylation sites is 2. The SMILES string of the molecule is CCOc1ccc(NC(=O)N2CC(=O)N(CC(=O)N[C@H]3CCCc4ccccc43)c3ccccc32)cc1. The quantitative estimate of drug-likeness (QED) is 0.517. The van der Waals surface area contributed by atoms with Gasteiger partial charge in [-0.15, -0.1) is 0 Å². The number of ether oxygens (including phenoxy) is 1. The van der Waals surface area contributed by atoms with Crippen LogP contribution in [0.1, 0.15) is 36.9 Å². The predicted octanol–water partition coefficient (Wildman–Crippen LogP) is 4.66. The number of rotatable bonds is 6. The monoisotopic (exact) mass is 498 g/mol. The summed E-state index contributed by atoms with van der Waals surface area (Å²) in [7, 11) is 0.